The minimum Gasteiger partial charge on any atom is -0.319 e. The third-order valence-corrected chi connectivity index (χ3v) is 4.05. The van der Waals surface area contributed by atoms with Gasteiger partial charge in [0.2, 0.25) is 0 Å². The minimum absolute atomic E-state index is 0.145. The Morgan fingerprint density at radius 2 is 2.07 bits per heavy atom. The summed E-state index contributed by atoms with van der Waals surface area (Å²) in [6.45, 7) is 2.02. The average molecular weight is 223 g/mol. The number of Topliss-reactive ketones (excluding diaryl/α,β-unsaturated/α-hetero) is 1. The van der Waals surface area contributed by atoms with E-state index in [0.29, 0.717) is 0 Å². The molecule has 0 unspecified atom stereocenters. The summed E-state index contributed by atoms with van der Waals surface area (Å²) < 4.78 is 0. The van der Waals surface area contributed by atoms with Crippen LogP contribution in [0.25, 0.3) is 0 Å². The standard InChI is InChI=1S/C12H17NOS/c1-9-7-10(8-15-9)11(14)12(13)5-3-2-4-6-12/h7-8H,2-6,13H2,1H3. The molecule has 0 radical (unpaired) electrons. The highest BCUT2D eigenvalue weighted by atomic mass is 32.1. The number of carbonyl (C=O) groups is 1. The normalized spacial score (nSPS) is 20.1. The molecular weight excluding hydrogens is 206 g/mol. The molecule has 2 N–H and O–H groups in total. The zero-order valence-electron chi connectivity index (χ0n) is 9.08. The van der Waals surface area contributed by atoms with Crippen molar-refractivity contribution in [2.45, 2.75) is 44.6 Å². The molecule has 3 heteroatoms. The maximum atomic E-state index is 12.2. The second-order valence-electron chi connectivity index (χ2n) is 4.49. The maximum absolute atomic E-state index is 12.2. The van der Waals surface area contributed by atoms with Crippen LogP contribution in [0.1, 0.15) is 47.3 Å². The van der Waals surface area contributed by atoms with Crippen molar-refractivity contribution in [2.75, 3.05) is 0 Å². The molecule has 1 aromatic heterocycles. The molecule has 0 aliphatic heterocycles. The largest absolute Gasteiger partial charge is 0.319 e. The monoisotopic (exact) mass is 223 g/mol. The van der Waals surface area contributed by atoms with Gasteiger partial charge in [-0.3, -0.25) is 4.79 Å². The number of ketones is 1. The fourth-order valence-electron chi connectivity index (χ4n) is 2.26. The van der Waals surface area contributed by atoms with Gasteiger partial charge in [-0.1, -0.05) is 19.3 Å². The number of hydrogen-bond donors (Lipinski definition) is 1. The third-order valence-electron chi connectivity index (χ3n) is 3.19. The lowest BCUT2D eigenvalue weighted by Gasteiger charge is -2.31. The van der Waals surface area contributed by atoms with Crippen LogP contribution in [-0.4, -0.2) is 11.3 Å². The van der Waals surface area contributed by atoms with Crippen molar-refractivity contribution in [1.82, 2.24) is 0 Å². The van der Waals surface area contributed by atoms with Gasteiger partial charge in [0.1, 0.15) is 0 Å². The van der Waals surface area contributed by atoms with Crippen molar-refractivity contribution in [3.05, 3.63) is 21.9 Å². The van der Waals surface area contributed by atoms with E-state index in [-0.39, 0.29) is 5.78 Å². The van der Waals surface area contributed by atoms with E-state index >= 15 is 0 Å². The third kappa shape index (κ3) is 2.13. The fourth-order valence-corrected chi connectivity index (χ4v) is 2.94. The molecule has 1 fully saturated rings. The van der Waals surface area contributed by atoms with Crippen molar-refractivity contribution in [3.8, 4) is 0 Å². The highest BCUT2D eigenvalue weighted by molar-refractivity contribution is 7.10. The molecular formula is C12H17NOS. The van der Waals surface area contributed by atoms with Crippen LogP contribution >= 0.6 is 11.3 Å². The van der Waals surface area contributed by atoms with E-state index in [2.05, 4.69) is 0 Å². The molecule has 1 saturated carbocycles. The summed E-state index contributed by atoms with van der Waals surface area (Å²) >= 11 is 1.62. The van der Waals surface area contributed by atoms with Crippen LogP contribution in [0, 0.1) is 6.92 Å². The van der Waals surface area contributed by atoms with Crippen molar-refractivity contribution in [2.24, 2.45) is 5.73 Å². The average Bonchev–Trinajstić information content (AvgIpc) is 2.65. The SMILES string of the molecule is Cc1cc(C(=O)C2(N)CCCCC2)cs1. The summed E-state index contributed by atoms with van der Waals surface area (Å²) in [6.07, 6.45) is 5.09. The summed E-state index contributed by atoms with van der Waals surface area (Å²) in [5.41, 5.74) is 6.43. The van der Waals surface area contributed by atoms with E-state index in [9.17, 15) is 4.79 Å². The molecule has 0 spiro atoms. The zero-order valence-corrected chi connectivity index (χ0v) is 9.90. The topological polar surface area (TPSA) is 43.1 Å². The van der Waals surface area contributed by atoms with Gasteiger partial charge < -0.3 is 5.73 Å². The number of thiophene rings is 1. The molecule has 2 nitrogen and oxygen atoms in total. The van der Waals surface area contributed by atoms with E-state index < -0.39 is 5.54 Å². The van der Waals surface area contributed by atoms with Gasteiger partial charge in [-0.25, -0.2) is 0 Å². The minimum atomic E-state index is -0.578. The number of hydrogen-bond acceptors (Lipinski definition) is 3. The second kappa shape index (κ2) is 4.06. The van der Waals surface area contributed by atoms with Gasteiger partial charge in [0.05, 0.1) is 5.54 Å². The Kier molecular flexibility index (Phi) is 2.94. The van der Waals surface area contributed by atoms with Crippen LogP contribution in [0.3, 0.4) is 0 Å². The van der Waals surface area contributed by atoms with Crippen molar-refractivity contribution < 1.29 is 4.79 Å². The summed E-state index contributed by atoms with van der Waals surface area (Å²) in [6, 6.07) is 1.95. The Morgan fingerprint density at radius 1 is 1.40 bits per heavy atom. The van der Waals surface area contributed by atoms with Gasteiger partial charge >= 0.3 is 0 Å². The first-order valence-electron chi connectivity index (χ1n) is 5.51. The Labute approximate surface area is 94.5 Å². The van der Waals surface area contributed by atoms with Gasteiger partial charge in [0.15, 0.2) is 5.78 Å². The van der Waals surface area contributed by atoms with Crippen LogP contribution in [0.5, 0.6) is 0 Å². The van der Waals surface area contributed by atoms with E-state index in [1.165, 1.54) is 11.3 Å². The number of rotatable bonds is 2. The Morgan fingerprint density at radius 3 is 2.60 bits per heavy atom. The molecule has 0 aromatic carbocycles. The molecule has 1 aliphatic rings. The van der Waals surface area contributed by atoms with E-state index in [1.54, 1.807) is 11.3 Å². The second-order valence-corrected chi connectivity index (χ2v) is 5.61. The fraction of sp³-hybridized carbons (Fsp3) is 0.583. The highest BCUT2D eigenvalue weighted by Gasteiger charge is 2.35. The summed E-state index contributed by atoms with van der Waals surface area (Å²) in [4.78, 5) is 13.4. The Balaban J connectivity index is 2.19. The number of nitrogens with two attached hydrogens (primary N) is 1. The van der Waals surface area contributed by atoms with Gasteiger partial charge in [0, 0.05) is 15.8 Å². The van der Waals surface area contributed by atoms with Crippen LogP contribution in [-0.2, 0) is 0 Å². The molecule has 0 amide bonds. The van der Waals surface area contributed by atoms with Crippen LogP contribution in [0.2, 0.25) is 0 Å². The smallest absolute Gasteiger partial charge is 0.183 e. The predicted octanol–water partition coefficient (Wildman–Crippen LogP) is 2.90. The van der Waals surface area contributed by atoms with Crippen LogP contribution in [0.15, 0.2) is 11.4 Å². The first-order chi connectivity index (χ1) is 7.12. The van der Waals surface area contributed by atoms with E-state index in [0.717, 1.165) is 31.2 Å². The lowest BCUT2D eigenvalue weighted by atomic mass is 9.78. The number of aryl methyl sites for hydroxylation is 1. The first kappa shape index (κ1) is 10.8. The summed E-state index contributed by atoms with van der Waals surface area (Å²) in [5.74, 6) is 0.145. The quantitative estimate of drug-likeness (QED) is 0.783. The van der Waals surface area contributed by atoms with Crippen molar-refractivity contribution >= 4 is 17.1 Å². The molecule has 0 atom stereocenters. The van der Waals surface area contributed by atoms with Crippen LogP contribution < -0.4 is 5.73 Å². The van der Waals surface area contributed by atoms with Crippen molar-refractivity contribution in [1.29, 1.82) is 0 Å². The van der Waals surface area contributed by atoms with Gasteiger partial charge in [-0.15, -0.1) is 11.3 Å². The number of carbonyl (C=O) groups excluding carboxylic acids is 1. The van der Waals surface area contributed by atoms with Crippen molar-refractivity contribution in [3.63, 3.8) is 0 Å². The lowest BCUT2D eigenvalue weighted by Crippen LogP contribution is -2.49. The molecule has 2 rings (SSSR count). The zero-order chi connectivity index (χ0) is 10.9. The molecule has 0 saturated heterocycles. The Bertz CT molecular complexity index is 363. The highest BCUT2D eigenvalue weighted by Crippen LogP contribution is 2.30. The van der Waals surface area contributed by atoms with Crippen LogP contribution in [0.4, 0.5) is 0 Å². The van der Waals surface area contributed by atoms with Gasteiger partial charge in [-0.05, 0) is 25.8 Å². The first-order valence-corrected chi connectivity index (χ1v) is 6.39. The van der Waals surface area contributed by atoms with E-state index in [1.807, 2.05) is 18.4 Å². The van der Waals surface area contributed by atoms with Gasteiger partial charge in [-0.2, -0.15) is 0 Å². The molecule has 1 heterocycles. The molecule has 1 aliphatic carbocycles. The summed E-state index contributed by atoms with van der Waals surface area (Å²) in [5, 5.41) is 1.93. The van der Waals surface area contributed by atoms with Gasteiger partial charge in [0.25, 0.3) is 0 Å². The Hall–Kier alpha value is -0.670. The lowest BCUT2D eigenvalue weighted by molar-refractivity contribution is 0.0848. The molecule has 0 bridgehead atoms. The molecule has 1 aromatic rings. The molecule has 15 heavy (non-hydrogen) atoms. The predicted molar refractivity (Wildman–Crippen MR) is 63.4 cm³/mol. The molecule has 82 valence electrons. The maximum Gasteiger partial charge on any atom is 0.183 e. The van der Waals surface area contributed by atoms with E-state index in [4.69, 9.17) is 5.73 Å². The summed E-state index contributed by atoms with van der Waals surface area (Å²) in [7, 11) is 0.